The van der Waals surface area contributed by atoms with Gasteiger partial charge in [0.2, 0.25) is 0 Å². The monoisotopic (exact) mass is 550 g/mol. The third-order valence-electron chi connectivity index (χ3n) is 5.41. The Labute approximate surface area is 212 Å². The van der Waals surface area contributed by atoms with Gasteiger partial charge in [0.25, 0.3) is 5.56 Å². The minimum atomic E-state index is -0.579. The van der Waals surface area contributed by atoms with E-state index in [-0.39, 0.29) is 12.2 Å². The van der Waals surface area contributed by atoms with Gasteiger partial charge in [0.05, 0.1) is 15.8 Å². The van der Waals surface area contributed by atoms with E-state index in [0.717, 1.165) is 20.5 Å². The van der Waals surface area contributed by atoms with E-state index in [1.165, 1.54) is 22.7 Å². The van der Waals surface area contributed by atoms with E-state index in [2.05, 4.69) is 20.9 Å². The summed E-state index contributed by atoms with van der Waals surface area (Å²) in [5.41, 5.74) is 2.58. The van der Waals surface area contributed by atoms with Gasteiger partial charge >= 0.3 is 5.97 Å². The number of rotatable bonds is 5. The number of esters is 1. The van der Waals surface area contributed by atoms with Crippen LogP contribution in [0, 0.1) is 0 Å². The van der Waals surface area contributed by atoms with Crippen molar-refractivity contribution in [2.24, 2.45) is 4.99 Å². The number of benzene rings is 2. The Balaban J connectivity index is 1.59. The Kier molecular flexibility index (Phi) is 6.45. The average molecular weight is 551 g/mol. The Bertz CT molecular complexity index is 1570. The maximum Gasteiger partial charge on any atom is 0.338 e. The normalized spacial score (nSPS) is 15.7. The van der Waals surface area contributed by atoms with Crippen LogP contribution in [0.5, 0.6) is 0 Å². The molecule has 0 saturated heterocycles. The van der Waals surface area contributed by atoms with E-state index < -0.39 is 12.0 Å². The summed E-state index contributed by atoms with van der Waals surface area (Å²) < 4.78 is 8.77. The van der Waals surface area contributed by atoms with Gasteiger partial charge in [0.1, 0.15) is 12.6 Å². The van der Waals surface area contributed by atoms with E-state index in [0.29, 0.717) is 20.6 Å². The van der Waals surface area contributed by atoms with Crippen LogP contribution >= 0.6 is 38.6 Å². The second kappa shape index (κ2) is 9.66. The van der Waals surface area contributed by atoms with Crippen molar-refractivity contribution in [1.29, 1.82) is 0 Å². The third kappa shape index (κ3) is 4.49. The molecular weight excluding hydrogens is 532 g/mol. The molecule has 4 aromatic rings. The maximum absolute atomic E-state index is 13.6. The number of hydrogen-bond donors (Lipinski definition) is 0. The molecule has 0 saturated carbocycles. The Hall–Kier alpha value is -3.07. The van der Waals surface area contributed by atoms with E-state index in [4.69, 9.17) is 4.74 Å². The molecule has 2 aromatic carbocycles. The first-order valence-corrected chi connectivity index (χ1v) is 13.0. The van der Waals surface area contributed by atoms with Crippen LogP contribution in [0.25, 0.3) is 6.08 Å². The van der Waals surface area contributed by atoms with Gasteiger partial charge in [0.15, 0.2) is 4.80 Å². The molecule has 1 atom stereocenters. The summed E-state index contributed by atoms with van der Waals surface area (Å²) in [5.74, 6) is -0.468. The fraction of sp³-hybridized carbons (Fsp3) is 0.115. The summed E-state index contributed by atoms with van der Waals surface area (Å²) in [7, 11) is 0. The standard InChI is InChI=1S/C26H19BrN2O3S2/c1-16-22(25(31)32-15-17-7-3-2-4-8-17)23(20-11-6-12-33-20)29-24(30)21(34-26(29)28-16)14-18-9-5-10-19(27)13-18/h2-14,23H,15H2,1H3/b21-14+/t23-/m1/s1. The summed E-state index contributed by atoms with van der Waals surface area (Å²) in [6.07, 6.45) is 1.85. The van der Waals surface area contributed by atoms with Gasteiger partial charge in [-0.3, -0.25) is 9.36 Å². The molecule has 5 rings (SSSR count). The molecule has 0 unspecified atom stereocenters. The second-order valence-electron chi connectivity index (χ2n) is 7.71. The largest absolute Gasteiger partial charge is 0.457 e. The van der Waals surface area contributed by atoms with Crippen LogP contribution in [0.1, 0.15) is 29.0 Å². The van der Waals surface area contributed by atoms with Crippen molar-refractivity contribution in [3.63, 3.8) is 0 Å². The molecule has 0 spiro atoms. The highest BCUT2D eigenvalue weighted by atomic mass is 79.9. The highest BCUT2D eigenvalue weighted by molar-refractivity contribution is 9.10. The van der Waals surface area contributed by atoms with Gasteiger partial charge in [-0.2, -0.15) is 0 Å². The summed E-state index contributed by atoms with van der Waals surface area (Å²) in [5, 5.41) is 1.94. The first kappa shape index (κ1) is 22.7. The van der Waals surface area contributed by atoms with E-state index in [1.54, 1.807) is 11.5 Å². The molecule has 0 aliphatic carbocycles. The van der Waals surface area contributed by atoms with Crippen LogP contribution in [-0.2, 0) is 16.1 Å². The van der Waals surface area contributed by atoms with Crippen molar-refractivity contribution in [2.45, 2.75) is 19.6 Å². The number of hydrogen-bond acceptors (Lipinski definition) is 6. The molecule has 8 heteroatoms. The number of thiazole rings is 1. The zero-order valence-electron chi connectivity index (χ0n) is 18.1. The lowest BCUT2D eigenvalue weighted by Gasteiger charge is -2.23. The lowest BCUT2D eigenvalue weighted by molar-refractivity contribution is -0.140. The molecule has 0 bridgehead atoms. The Morgan fingerprint density at radius 2 is 1.97 bits per heavy atom. The van der Waals surface area contributed by atoms with E-state index >= 15 is 0 Å². The molecule has 0 amide bonds. The number of carbonyl (C=O) groups is 1. The number of aromatic nitrogens is 1. The second-order valence-corrected chi connectivity index (χ2v) is 10.6. The number of thiophene rings is 1. The number of ether oxygens (including phenoxy) is 1. The van der Waals surface area contributed by atoms with Gasteiger partial charge in [-0.15, -0.1) is 11.3 Å². The fourth-order valence-corrected chi connectivity index (χ4v) is 6.13. The quantitative estimate of drug-likeness (QED) is 0.335. The van der Waals surface area contributed by atoms with Crippen molar-refractivity contribution < 1.29 is 9.53 Å². The van der Waals surface area contributed by atoms with Crippen molar-refractivity contribution in [3.8, 4) is 0 Å². The molecule has 0 fully saturated rings. The van der Waals surface area contributed by atoms with Gasteiger partial charge in [0, 0.05) is 9.35 Å². The van der Waals surface area contributed by atoms with Crippen molar-refractivity contribution >= 4 is 50.6 Å². The van der Waals surface area contributed by atoms with Crippen LogP contribution in [0.3, 0.4) is 0 Å². The lowest BCUT2D eigenvalue weighted by Crippen LogP contribution is -2.39. The smallest absolute Gasteiger partial charge is 0.338 e. The summed E-state index contributed by atoms with van der Waals surface area (Å²) in [6, 6.07) is 20.6. The van der Waals surface area contributed by atoms with Crippen molar-refractivity contribution in [2.75, 3.05) is 0 Å². The number of allylic oxidation sites excluding steroid dienone is 1. The summed E-state index contributed by atoms with van der Waals surface area (Å²) >= 11 is 6.30. The molecule has 170 valence electrons. The van der Waals surface area contributed by atoms with E-state index in [1.807, 2.05) is 78.2 Å². The van der Waals surface area contributed by atoms with Crippen LogP contribution in [-0.4, -0.2) is 10.5 Å². The van der Waals surface area contributed by atoms with Crippen LogP contribution in [0.2, 0.25) is 0 Å². The molecule has 5 nitrogen and oxygen atoms in total. The van der Waals surface area contributed by atoms with Crippen molar-refractivity contribution in [3.05, 3.63) is 124 Å². The molecule has 2 aromatic heterocycles. The maximum atomic E-state index is 13.6. The predicted octanol–water partition coefficient (Wildman–Crippen LogP) is 4.80. The topological polar surface area (TPSA) is 60.7 Å². The first-order valence-electron chi connectivity index (χ1n) is 10.5. The van der Waals surface area contributed by atoms with Gasteiger partial charge in [-0.05, 0) is 47.7 Å². The van der Waals surface area contributed by atoms with Crippen LogP contribution in [0.4, 0.5) is 0 Å². The highest BCUT2D eigenvalue weighted by Crippen LogP contribution is 2.33. The molecule has 0 radical (unpaired) electrons. The average Bonchev–Trinajstić information content (AvgIpc) is 3.46. The van der Waals surface area contributed by atoms with Gasteiger partial charge in [-0.25, -0.2) is 9.79 Å². The van der Waals surface area contributed by atoms with Crippen LogP contribution in [0.15, 0.2) is 97.6 Å². The molecule has 0 N–H and O–H groups in total. The van der Waals surface area contributed by atoms with Crippen molar-refractivity contribution in [1.82, 2.24) is 4.57 Å². The van der Waals surface area contributed by atoms with E-state index in [9.17, 15) is 9.59 Å². The summed E-state index contributed by atoms with van der Waals surface area (Å²) in [6.45, 7) is 1.95. The summed E-state index contributed by atoms with van der Waals surface area (Å²) in [4.78, 5) is 32.9. The Morgan fingerprint density at radius 3 is 2.71 bits per heavy atom. The zero-order valence-corrected chi connectivity index (χ0v) is 21.3. The minimum absolute atomic E-state index is 0.154. The Morgan fingerprint density at radius 1 is 1.15 bits per heavy atom. The lowest BCUT2D eigenvalue weighted by atomic mass is 10.0. The van der Waals surface area contributed by atoms with Crippen LogP contribution < -0.4 is 14.9 Å². The molecular formula is C26H19BrN2O3S2. The number of fused-ring (bicyclic) bond motifs is 1. The molecule has 34 heavy (non-hydrogen) atoms. The molecule has 3 heterocycles. The highest BCUT2D eigenvalue weighted by Gasteiger charge is 2.34. The number of nitrogens with zero attached hydrogens (tertiary/aromatic N) is 2. The van der Waals surface area contributed by atoms with Gasteiger partial charge < -0.3 is 4.74 Å². The zero-order chi connectivity index (χ0) is 23.7. The van der Waals surface area contributed by atoms with Gasteiger partial charge in [-0.1, -0.05) is 75.8 Å². The fourth-order valence-electron chi connectivity index (χ4n) is 3.85. The number of carbonyl (C=O) groups excluding carboxylic acids is 1. The molecule has 1 aliphatic rings. The minimum Gasteiger partial charge on any atom is -0.457 e. The predicted molar refractivity (Wildman–Crippen MR) is 138 cm³/mol. The SMILES string of the molecule is CC1=C(C(=O)OCc2ccccc2)[C@@H](c2cccs2)n2c(s/c(=C/c3cccc(Br)c3)c2=O)=N1. The third-order valence-corrected chi connectivity index (χ3v) is 7.81. The molecule has 1 aliphatic heterocycles. The number of halogens is 1. The first-order chi connectivity index (χ1) is 16.5.